The molecule has 1 amide bonds. The lowest BCUT2D eigenvalue weighted by atomic mass is 9.76. The molecule has 8 heteroatoms. The highest BCUT2D eigenvalue weighted by atomic mass is 32.2. The van der Waals surface area contributed by atoms with Gasteiger partial charge in [-0.05, 0) is 32.8 Å². The number of nitrogens with zero attached hydrogens (tertiary/aromatic N) is 3. The Bertz CT molecular complexity index is 801. The summed E-state index contributed by atoms with van der Waals surface area (Å²) in [7, 11) is -1.35. The Labute approximate surface area is 149 Å². The minimum absolute atomic E-state index is 0.0419. The molecule has 3 rings (SSSR count). The average Bonchev–Trinajstić information content (AvgIpc) is 2.79. The van der Waals surface area contributed by atoms with Crippen molar-refractivity contribution in [1.29, 1.82) is 0 Å². The van der Waals surface area contributed by atoms with Crippen molar-refractivity contribution in [2.45, 2.75) is 32.3 Å². The van der Waals surface area contributed by atoms with Crippen molar-refractivity contribution in [3.63, 3.8) is 0 Å². The van der Waals surface area contributed by atoms with E-state index < -0.39 is 15.6 Å². The van der Waals surface area contributed by atoms with Crippen molar-refractivity contribution >= 4 is 15.9 Å². The third kappa shape index (κ3) is 3.22. The van der Waals surface area contributed by atoms with E-state index in [-0.39, 0.29) is 18.4 Å². The highest BCUT2D eigenvalue weighted by molar-refractivity contribution is 7.88. The van der Waals surface area contributed by atoms with E-state index in [2.05, 4.69) is 0 Å². The molecule has 0 radical (unpaired) electrons. The summed E-state index contributed by atoms with van der Waals surface area (Å²) in [6.07, 6.45) is 2.11. The Morgan fingerprint density at radius 2 is 1.88 bits per heavy atom. The molecule has 2 aliphatic rings. The van der Waals surface area contributed by atoms with Crippen LogP contribution in [0, 0.1) is 19.8 Å². The molecular weight excluding hydrogens is 342 g/mol. The summed E-state index contributed by atoms with van der Waals surface area (Å²) in [6.45, 7) is 5.38. The first-order chi connectivity index (χ1) is 11.5. The molecule has 2 aliphatic heterocycles. The molecule has 7 nitrogen and oxygen atoms in total. The van der Waals surface area contributed by atoms with Crippen LogP contribution in [0.4, 0.5) is 0 Å². The van der Waals surface area contributed by atoms with Crippen molar-refractivity contribution in [2.24, 2.45) is 13.0 Å². The molecular formula is C17H27N3O4S. The fourth-order valence-electron chi connectivity index (χ4n) is 4.00. The summed E-state index contributed by atoms with van der Waals surface area (Å²) in [5.41, 5.74) is 1.75. The van der Waals surface area contributed by atoms with E-state index in [4.69, 9.17) is 0 Å². The van der Waals surface area contributed by atoms with Crippen molar-refractivity contribution in [2.75, 3.05) is 32.4 Å². The minimum atomic E-state index is -3.29. The summed E-state index contributed by atoms with van der Waals surface area (Å²) in [6, 6.07) is 1.89. The predicted molar refractivity (Wildman–Crippen MR) is 94.9 cm³/mol. The van der Waals surface area contributed by atoms with Gasteiger partial charge in [-0.25, -0.2) is 12.7 Å². The highest BCUT2D eigenvalue weighted by Gasteiger charge is 2.47. The Morgan fingerprint density at radius 1 is 1.24 bits per heavy atom. The van der Waals surface area contributed by atoms with Crippen molar-refractivity contribution < 1.29 is 18.3 Å². The monoisotopic (exact) mass is 369 g/mol. The summed E-state index contributed by atoms with van der Waals surface area (Å²) in [5, 5.41) is 10.9. The number of aromatic nitrogens is 1. The van der Waals surface area contributed by atoms with Crippen LogP contribution >= 0.6 is 0 Å². The summed E-state index contributed by atoms with van der Waals surface area (Å²) in [5.74, 6) is -0.293. The number of carbonyl (C=O) groups excluding carboxylic acids is 1. The molecule has 1 N–H and O–H groups in total. The predicted octanol–water partition coefficient (Wildman–Crippen LogP) is 0.500. The van der Waals surface area contributed by atoms with Gasteiger partial charge in [0.15, 0.2) is 0 Å². The lowest BCUT2D eigenvalue weighted by molar-refractivity contribution is -0.0946. The molecule has 2 atom stereocenters. The molecule has 3 heterocycles. The van der Waals surface area contributed by atoms with Gasteiger partial charge in [-0.2, -0.15) is 0 Å². The topological polar surface area (TPSA) is 82.9 Å². The molecule has 0 aromatic carbocycles. The highest BCUT2D eigenvalue weighted by Crippen LogP contribution is 2.36. The number of carbonyl (C=O) groups is 1. The van der Waals surface area contributed by atoms with E-state index in [1.165, 1.54) is 10.6 Å². The molecule has 0 saturated carbocycles. The van der Waals surface area contributed by atoms with Gasteiger partial charge in [0.2, 0.25) is 10.0 Å². The maximum atomic E-state index is 12.9. The van der Waals surface area contributed by atoms with Crippen LogP contribution in [-0.2, 0) is 17.1 Å². The van der Waals surface area contributed by atoms with Gasteiger partial charge in [0, 0.05) is 50.5 Å². The van der Waals surface area contributed by atoms with Crippen LogP contribution in [0.3, 0.4) is 0 Å². The van der Waals surface area contributed by atoms with E-state index in [0.717, 1.165) is 11.4 Å². The molecule has 2 saturated heterocycles. The molecule has 140 valence electrons. The number of rotatable bonds is 2. The lowest BCUT2D eigenvalue weighted by Crippen LogP contribution is -2.61. The van der Waals surface area contributed by atoms with Gasteiger partial charge in [-0.15, -0.1) is 0 Å². The number of aliphatic hydroxyl groups is 1. The van der Waals surface area contributed by atoms with Gasteiger partial charge in [-0.3, -0.25) is 4.79 Å². The molecule has 25 heavy (non-hydrogen) atoms. The van der Waals surface area contributed by atoms with Crippen LogP contribution in [0.5, 0.6) is 0 Å². The van der Waals surface area contributed by atoms with Crippen LogP contribution in [0.2, 0.25) is 0 Å². The van der Waals surface area contributed by atoms with Crippen LogP contribution in [-0.4, -0.2) is 71.2 Å². The fourth-order valence-corrected chi connectivity index (χ4v) is 4.87. The normalized spacial score (nSPS) is 28.0. The maximum Gasteiger partial charge on any atom is 0.255 e. The SMILES string of the molecule is Cc1cc(C(=O)N2CCC3(O)CCN(S(C)(=O)=O)CC3C2)c(C)n1C. The Balaban J connectivity index is 1.80. The molecule has 2 unspecified atom stereocenters. The quantitative estimate of drug-likeness (QED) is 0.823. The van der Waals surface area contributed by atoms with Gasteiger partial charge in [0.05, 0.1) is 17.4 Å². The van der Waals surface area contributed by atoms with E-state index in [9.17, 15) is 18.3 Å². The van der Waals surface area contributed by atoms with Crippen LogP contribution in [0.15, 0.2) is 6.07 Å². The third-order valence-electron chi connectivity index (χ3n) is 6.00. The van der Waals surface area contributed by atoms with E-state index >= 15 is 0 Å². The van der Waals surface area contributed by atoms with Crippen molar-refractivity contribution in [1.82, 2.24) is 13.8 Å². The summed E-state index contributed by atoms with van der Waals surface area (Å²) in [4.78, 5) is 14.7. The number of hydrogen-bond acceptors (Lipinski definition) is 4. The number of piperidine rings is 2. The summed E-state index contributed by atoms with van der Waals surface area (Å²) < 4.78 is 27.1. The van der Waals surface area contributed by atoms with Gasteiger partial charge in [-0.1, -0.05) is 0 Å². The summed E-state index contributed by atoms with van der Waals surface area (Å²) >= 11 is 0. The number of hydrogen-bond donors (Lipinski definition) is 1. The number of sulfonamides is 1. The second-order valence-corrected chi connectivity index (χ2v) is 9.50. The van der Waals surface area contributed by atoms with E-state index in [1.807, 2.05) is 31.5 Å². The zero-order valence-corrected chi connectivity index (χ0v) is 16.1. The first-order valence-electron chi connectivity index (χ1n) is 8.62. The van der Waals surface area contributed by atoms with E-state index in [1.54, 1.807) is 4.90 Å². The van der Waals surface area contributed by atoms with Gasteiger partial charge in [0.25, 0.3) is 5.91 Å². The van der Waals surface area contributed by atoms with Crippen LogP contribution in [0.1, 0.15) is 34.6 Å². The smallest absolute Gasteiger partial charge is 0.255 e. The van der Waals surface area contributed by atoms with Gasteiger partial charge < -0.3 is 14.6 Å². The second-order valence-electron chi connectivity index (χ2n) is 7.52. The third-order valence-corrected chi connectivity index (χ3v) is 7.26. The molecule has 2 fully saturated rings. The van der Waals surface area contributed by atoms with Crippen LogP contribution in [0.25, 0.3) is 0 Å². The van der Waals surface area contributed by atoms with Crippen molar-refractivity contribution in [3.8, 4) is 0 Å². The molecule has 0 bridgehead atoms. The molecule has 1 aromatic rings. The molecule has 0 aliphatic carbocycles. The standard InChI is InChI=1S/C17H27N3O4S/c1-12-9-15(13(2)18(12)3)16(21)19-7-5-17(22)6-8-20(25(4,23)24)11-14(17)10-19/h9,14,22H,5-8,10-11H2,1-4H3. The zero-order chi connectivity index (χ0) is 18.6. The van der Waals surface area contributed by atoms with Gasteiger partial charge >= 0.3 is 0 Å². The van der Waals surface area contributed by atoms with Crippen LogP contribution < -0.4 is 0 Å². The Morgan fingerprint density at radius 3 is 2.44 bits per heavy atom. The lowest BCUT2D eigenvalue weighted by Gasteiger charge is -2.49. The van der Waals surface area contributed by atoms with E-state index in [0.29, 0.717) is 38.0 Å². The Kier molecular flexibility index (Phi) is 4.50. The molecule has 0 spiro atoms. The number of aryl methyl sites for hydroxylation is 1. The fraction of sp³-hybridized carbons (Fsp3) is 0.706. The first-order valence-corrected chi connectivity index (χ1v) is 10.5. The Hall–Kier alpha value is -1.38. The largest absolute Gasteiger partial charge is 0.389 e. The molecule has 1 aromatic heterocycles. The second kappa shape index (κ2) is 6.10. The number of likely N-dealkylation sites (tertiary alicyclic amines) is 1. The minimum Gasteiger partial charge on any atom is -0.389 e. The first kappa shape index (κ1) is 18.4. The number of fused-ring (bicyclic) bond motifs is 1. The number of amides is 1. The maximum absolute atomic E-state index is 12.9. The van der Waals surface area contributed by atoms with Crippen molar-refractivity contribution in [3.05, 3.63) is 23.0 Å². The average molecular weight is 369 g/mol. The van der Waals surface area contributed by atoms with Gasteiger partial charge in [0.1, 0.15) is 0 Å². The zero-order valence-electron chi connectivity index (χ0n) is 15.3.